The van der Waals surface area contributed by atoms with Crippen molar-refractivity contribution in [3.63, 3.8) is 0 Å². The maximum absolute atomic E-state index is 13.3. The monoisotopic (exact) mass is 528 g/mol. The summed E-state index contributed by atoms with van der Waals surface area (Å²) in [5.74, 6) is 2.37. The fourth-order valence-corrected chi connectivity index (χ4v) is 5.72. The van der Waals surface area contributed by atoms with E-state index in [2.05, 4.69) is 31.1 Å². The number of carbonyl (C=O) groups is 1. The van der Waals surface area contributed by atoms with Crippen LogP contribution in [0, 0.1) is 5.41 Å². The number of ketones is 1. The van der Waals surface area contributed by atoms with Crippen LogP contribution in [0.1, 0.15) is 50.8 Å². The number of nitrogens with one attached hydrogen (secondary N) is 1. The molecule has 2 aromatic carbocycles. The van der Waals surface area contributed by atoms with Gasteiger partial charge in [-0.2, -0.15) is 4.98 Å². The molecule has 9 heteroatoms. The molecule has 1 unspecified atom stereocenters. The number of anilines is 1. The van der Waals surface area contributed by atoms with Crippen LogP contribution in [0.4, 0.5) is 5.95 Å². The van der Waals surface area contributed by atoms with Crippen molar-refractivity contribution in [2.75, 3.05) is 11.1 Å². The van der Waals surface area contributed by atoms with Crippen LogP contribution >= 0.6 is 35.0 Å². The number of fused-ring (bicyclic) bond motifs is 1. The Morgan fingerprint density at radius 1 is 1.14 bits per heavy atom. The van der Waals surface area contributed by atoms with Gasteiger partial charge in [0.2, 0.25) is 11.1 Å². The van der Waals surface area contributed by atoms with Crippen molar-refractivity contribution in [2.45, 2.75) is 51.4 Å². The molecule has 6 nitrogen and oxygen atoms in total. The standard InChI is InChI=1S/C26H26Cl2N4O2S/c1-4-35-25-30-24-29-20-12-26(2,3)13-21(33)22(20)23(32(24)31-25)15-8-10-16(11-9-15)34-14-17-18(27)6-5-7-19(17)28/h5-11,23H,4,12-14H2,1-3H3,(H,29,30,31). The van der Waals surface area contributed by atoms with Crippen molar-refractivity contribution in [1.29, 1.82) is 0 Å². The summed E-state index contributed by atoms with van der Waals surface area (Å²) in [5.41, 5.74) is 3.31. The largest absolute Gasteiger partial charge is 0.489 e. The summed E-state index contributed by atoms with van der Waals surface area (Å²) in [5, 5.41) is 9.99. The third-order valence-electron chi connectivity index (χ3n) is 6.23. The summed E-state index contributed by atoms with van der Waals surface area (Å²) in [6.07, 6.45) is 1.29. The van der Waals surface area contributed by atoms with Crippen LogP contribution in [0.5, 0.6) is 5.75 Å². The molecule has 3 aromatic rings. The van der Waals surface area contributed by atoms with Gasteiger partial charge in [0.05, 0.1) is 0 Å². The first-order chi connectivity index (χ1) is 16.8. The van der Waals surface area contributed by atoms with Gasteiger partial charge in [0.25, 0.3) is 0 Å². The number of halogens is 2. The summed E-state index contributed by atoms with van der Waals surface area (Å²) in [6, 6.07) is 12.8. The Balaban J connectivity index is 1.47. The van der Waals surface area contributed by atoms with Crippen LogP contribution in [0.2, 0.25) is 10.0 Å². The predicted octanol–water partition coefficient (Wildman–Crippen LogP) is 6.93. The minimum atomic E-state index is -0.337. The summed E-state index contributed by atoms with van der Waals surface area (Å²) >= 11 is 14.1. The molecule has 0 bridgehead atoms. The molecule has 1 aromatic heterocycles. The highest BCUT2D eigenvalue weighted by Gasteiger charge is 2.41. The highest BCUT2D eigenvalue weighted by Crippen LogP contribution is 2.45. The Labute approximate surface area is 219 Å². The molecule has 1 aliphatic carbocycles. The smallest absolute Gasteiger partial charge is 0.227 e. The van der Waals surface area contributed by atoms with Gasteiger partial charge in [-0.15, -0.1) is 5.10 Å². The zero-order chi connectivity index (χ0) is 24.7. The number of carbonyl (C=O) groups excluding carboxylic acids is 1. The van der Waals surface area contributed by atoms with Crippen molar-refractivity contribution >= 4 is 46.7 Å². The zero-order valence-electron chi connectivity index (χ0n) is 19.8. The van der Waals surface area contributed by atoms with E-state index in [9.17, 15) is 4.79 Å². The second-order valence-corrected chi connectivity index (χ2v) is 11.6. The van der Waals surface area contributed by atoms with E-state index in [1.165, 1.54) is 0 Å². The topological polar surface area (TPSA) is 69.0 Å². The molecule has 2 aliphatic rings. The number of aromatic nitrogens is 3. The maximum atomic E-state index is 13.3. The summed E-state index contributed by atoms with van der Waals surface area (Å²) < 4.78 is 7.80. The minimum absolute atomic E-state index is 0.103. The first-order valence-electron chi connectivity index (χ1n) is 11.5. The van der Waals surface area contributed by atoms with Gasteiger partial charge in [-0.05, 0) is 47.4 Å². The van der Waals surface area contributed by atoms with E-state index in [-0.39, 0.29) is 23.8 Å². The second kappa shape index (κ2) is 9.52. The van der Waals surface area contributed by atoms with Crippen LogP contribution in [-0.4, -0.2) is 26.3 Å². The molecular weight excluding hydrogens is 503 g/mol. The average Bonchev–Trinajstić information content (AvgIpc) is 3.19. The normalized spacial score (nSPS) is 18.7. The van der Waals surface area contributed by atoms with E-state index in [1.807, 2.05) is 28.9 Å². The molecule has 0 saturated carbocycles. The van der Waals surface area contributed by atoms with Crippen LogP contribution < -0.4 is 10.1 Å². The molecule has 0 spiro atoms. The highest BCUT2D eigenvalue weighted by molar-refractivity contribution is 7.99. The van der Waals surface area contributed by atoms with Gasteiger partial charge in [-0.25, -0.2) is 4.68 Å². The molecule has 2 heterocycles. The lowest BCUT2D eigenvalue weighted by molar-refractivity contribution is -0.118. The zero-order valence-corrected chi connectivity index (χ0v) is 22.1. The van der Waals surface area contributed by atoms with Crippen molar-refractivity contribution in [1.82, 2.24) is 14.8 Å². The third kappa shape index (κ3) is 4.82. The number of nitrogens with zero attached hydrogens (tertiary/aromatic N) is 3. The molecule has 1 atom stereocenters. The SMILES string of the molecule is CCSc1nc2n(n1)C(c1ccc(OCc3c(Cl)cccc3Cl)cc1)C1=C(CC(C)(C)CC1=O)N2. The summed E-state index contributed by atoms with van der Waals surface area (Å²) in [6.45, 7) is 6.58. The van der Waals surface area contributed by atoms with E-state index in [1.54, 1.807) is 30.0 Å². The maximum Gasteiger partial charge on any atom is 0.227 e. The Bertz CT molecular complexity index is 1300. The van der Waals surface area contributed by atoms with Crippen LogP contribution in [0.25, 0.3) is 0 Å². The number of Topliss-reactive ketones (excluding diaryl/α,β-unsaturated/α-hetero) is 1. The number of hydrogen-bond donors (Lipinski definition) is 1. The van der Waals surface area contributed by atoms with Gasteiger partial charge in [0.1, 0.15) is 18.4 Å². The van der Waals surface area contributed by atoms with Crippen molar-refractivity contribution in [3.05, 3.63) is 74.9 Å². The second-order valence-electron chi connectivity index (χ2n) is 9.51. The van der Waals surface area contributed by atoms with Gasteiger partial charge in [0.15, 0.2) is 5.78 Å². The van der Waals surface area contributed by atoms with Gasteiger partial charge in [-0.1, -0.05) is 73.9 Å². The molecule has 1 N–H and O–H groups in total. The molecule has 0 amide bonds. The van der Waals surface area contributed by atoms with Crippen molar-refractivity contribution < 1.29 is 9.53 Å². The number of hydrogen-bond acceptors (Lipinski definition) is 6. The first-order valence-corrected chi connectivity index (χ1v) is 13.3. The summed E-state index contributed by atoms with van der Waals surface area (Å²) in [7, 11) is 0. The van der Waals surface area contributed by atoms with Crippen molar-refractivity contribution in [3.8, 4) is 5.75 Å². The van der Waals surface area contributed by atoms with Crippen LogP contribution in [-0.2, 0) is 11.4 Å². The van der Waals surface area contributed by atoms with E-state index < -0.39 is 0 Å². The number of thioether (sulfide) groups is 1. The summed E-state index contributed by atoms with van der Waals surface area (Å²) in [4.78, 5) is 18.0. The number of benzene rings is 2. The molecule has 0 radical (unpaired) electrons. The fourth-order valence-electron chi connectivity index (χ4n) is 4.66. The van der Waals surface area contributed by atoms with Crippen LogP contribution in [0.3, 0.4) is 0 Å². The fraction of sp³-hybridized carbons (Fsp3) is 0.346. The first kappa shape index (κ1) is 24.2. The average molecular weight is 529 g/mol. The molecule has 0 saturated heterocycles. The molecule has 0 fully saturated rings. The Hall–Kier alpha value is -2.48. The lowest BCUT2D eigenvalue weighted by Gasteiger charge is -2.38. The van der Waals surface area contributed by atoms with E-state index in [0.29, 0.717) is 33.3 Å². The number of rotatable bonds is 6. The van der Waals surface area contributed by atoms with Crippen molar-refractivity contribution in [2.24, 2.45) is 5.41 Å². The van der Waals surface area contributed by atoms with E-state index in [4.69, 9.17) is 33.0 Å². The Morgan fingerprint density at radius 3 is 2.54 bits per heavy atom. The Morgan fingerprint density at radius 2 is 1.86 bits per heavy atom. The molecule has 1 aliphatic heterocycles. The number of ether oxygens (including phenoxy) is 1. The quantitative estimate of drug-likeness (QED) is 0.349. The highest BCUT2D eigenvalue weighted by atomic mass is 35.5. The van der Waals surface area contributed by atoms with Crippen LogP contribution in [0.15, 0.2) is 58.9 Å². The lowest BCUT2D eigenvalue weighted by atomic mass is 9.73. The van der Waals surface area contributed by atoms with E-state index >= 15 is 0 Å². The van der Waals surface area contributed by atoms with Gasteiger partial charge in [-0.3, -0.25) is 4.79 Å². The Kier molecular flexibility index (Phi) is 6.59. The predicted molar refractivity (Wildman–Crippen MR) is 140 cm³/mol. The van der Waals surface area contributed by atoms with E-state index in [0.717, 1.165) is 34.6 Å². The lowest BCUT2D eigenvalue weighted by Crippen LogP contribution is -2.36. The molecule has 182 valence electrons. The van der Waals surface area contributed by atoms with Gasteiger partial charge >= 0.3 is 0 Å². The van der Waals surface area contributed by atoms with Gasteiger partial charge in [0, 0.05) is 33.3 Å². The minimum Gasteiger partial charge on any atom is -0.489 e. The molecule has 5 rings (SSSR count). The third-order valence-corrected chi connectivity index (χ3v) is 7.65. The van der Waals surface area contributed by atoms with Gasteiger partial charge < -0.3 is 10.1 Å². The molecular formula is C26H26Cl2N4O2S. The molecule has 35 heavy (non-hydrogen) atoms. The number of allylic oxidation sites excluding steroid dienone is 2.